The number of alkyl halides is 2. The summed E-state index contributed by atoms with van der Waals surface area (Å²) in [6.45, 7) is 7.94. The molecule has 0 unspecified atom stereocenters. The summed E-state index contributed by atoms with van der Waals surface area (Å²) in [5.74, 6) is 0.0639. The lowest BCUT2D eigenvalue weighted by molar-refractivity contribution is -0.129. The number of hydrogen-bond acceptors (Lipinski definition) is 3. The van der Waals surface area contributed by atoms with E-state index in [4.69, 9.17) is 0 Å². The molecule has 2 aliphatic rings. The molecular weight excluding hydrogens is 436 g/mol. The van der Waals surface area contributed by atoms with E-state index in [1.807, 2.05) is 11.0 Å². The van der Waals surface area contributed by atoms with Crippen molar-refractivity contribution < 1.29 is 13.6 Å². The predicted molar refractivity (Wildman–Crippen MR) is 129 cm³/mol. The molecule has 0 aliphatic carbocycles. The zero-order chi connectivity index (χ0) is 24.1. The zero-order valence-corrected chi connectivity index (χ0v) is 20.2. The summed E-state index contributed by atoms with van der Waals surface area (Å²) in [5, 5.41) is 4.18. The molecule has 180 valence electrons. The van der Waals surface area contributed by atoms with Crippen molar-refractivity contribution in [2.45, 2.75) is 59.0 Å². The van der Waals surface area contributed by atoms with Crippen molar-refractivity contribution in [1.29, 1.82) is 0 Å². The number of benzene rings is 1. The summed E-state index contributed by atoms with van der Waals surface area (Å²) in [6.07, 6.45) is 5.57. The van der Waals surface area contributed by atoms with Gasteiger partial charge in [0.05, 0.1) is 11.9 Å². The number of halogens is 2. The van der Waals surface area contributed by atoms with Gasteiger partial charge in [0.25, 0.3) is 6.43 Å². The molecule has 0 bridgehead atoms. The van der Waals surface area contributed by atoms with Gasteiger partial charge in [-0.25, -0.2) is 8.78 Å². The first-order valence-electron chi connectivity index (χ1n) is 11.9. The highest BCUT2D eigenvalue weighted by Crippen LogP contribution is 2.44. The topological polar surface area (TPSA) is 46.3 Å². The van der Waals surface area contributed by atoms with E-state index >= 15 is 0 Å². The minimum atomic E-state index is -2.59. The second-order valence-electron chi connectivity index (χ2n) is 9.66. The number of carbonyl (C=O) groups excluding carboxylic acids is 1. The maximum Gasteiger partial charge on any atom is 0.264 e. The average molecular weight is 468 g/mol. The molecule has 1 amide bonds. The van der Waals surface area contributed by atoms with E-state index in [0.29, 0.717) is 24.2 Å². The number of anilines is 2. The fourth-order valence-corrected chi connectivity index (χ4v) is 5.41. The predicted octanol–water partition coefficient (Wildman–Crippen LogP) is 5.40. The molecule has 8 heteroatoms. The van der Waals surface area contributed by atoms with Gasteiger partial charge in [-0.15, -0.1) is 0 Å². The Morgan fingerprint density at radius 3 is 2.53 bits per heavy atom. The summed E-state index contributed by atoms with van der Waals surface area (Å²) in [7, 11) is 1.79. The van der Waals surface area contributed by atoms with Crippen molar-refractivity contribution in [3.63, 3.8) is 0 Å². The van der Waals surface area contributed by atoms with Gasteiger partial charge >= 0.3 is 0 Å². The van der Waals surface area contributed by atoms with Crippen LogP contribution in [0.2, 0.25) is 0 Å². The molecule has 0 fully saturated rings. The molecule has 3 aromatic rings. The van der Waals surface area contributed by atoms with Crippen LogP contribution in [0.25, 0.3) is 11.1 Å². The van der Waals surface area contributed by atoms with Crippen molar-refractivity contribution in [2.24, 2.45) is 7.05 Å². The maximum atomic E-state index is 14.2. The quantitative estimate of drug-likeness (QED) is 0.516. The van der Waals surface area contributed by atoms with E-state index in [9.17, 15) is 13.6 Å². The molecule has 2 aliphatic heterocycles. The van der Waals surface area contributed by atoms with Crippen LogP contribution in [0.5, 0.6) is 0 Å². The molecule has 5 rings (SSSR count). The van der Waals surface area contributed by atoms with Gasteiger partial charge in [-0.2, -0.15) is 5.10 Å². The minimum Gasteiger partial charge on any atom is -0.346 e. The van der Waals surface area contributed by atoms with Crippen LogP contribution in [0.4, 0.5) is 20.2 Å². The number of aryl methyl sites for hydroxylation is 2. The Labute approximate surface area is 198 Å². The molecule has 0 spiro atoms. The summed E-state index contributed by atoms with van der Waals surface area (Å²) < 4.78 is 32.4. The monoisotopic (exact) mass is 467 g/mol. The lowest BCUT2D eigenvalue weighted by atomic mass is 9.92. The Bertz CT molecular complexity index is 1240. The Morgan fingerprint density at radius 2 is 1.88 bits per heavy atom. The standard InChI is InChI=1S/C26H31F2N5O/c1-16(2)33-15-25(22-14-31(17(3)34)9-7-23(22)33)32-8-5-6-18-10-20(19-12-29-30(4)13-19)21(26(27)28)11-24(18)32/h10-13,15-16,26H,5-9,14H2,1-4H3. The van der Waals surface area contributed by atoms with Gasteiger partial charge in [0.15, 0.2) is 0 Å². The number of rotatable bonds is 4. The van der Waals surface area contributed by atoms with Crippen molar-refractivity contribution >= 4 is 17.3 Å². The van der Waals surface area contributed by atoms with Crippen molar-refractivity contribution in [3.05, 3.63) is 53.1 Å². The summed E-state index contributed by atoms with van der Waals surface area (Å²) >= 11 is 0. The molecule has 0 atom stereocenters. The highest BCUT2D eigenvalue weighted by Gasteiger charge is 2.31. The molecule has 0 N–H and O–H groups in total. The van der Waals surface area contributed by atoms with Crippen LogP contribution in [0.15, 0.2) is 30.7 Å². The SMILES string of the molecule is CC(=O)N1CCc2c(c(N3CCCc4cc(-c5cnn(C)c5)c(C(F)F)cc43)cn2C(C)C)C1. The fraction of sp³-hybridized carbons (Fsp3) is 0.462. The first kappa shape index (κ1) is 22.6. The largest absolute Gasteiger partial charge is 0.346 e. The summed E-state index contributed by atoms with van der Waals surface area (Å²) in [4.78, 5) is 16.2. The molecule has 0 radical (unpaired) electrons. The van der Waals surface area contributed by atoms with Gasteiger partial charge < -0.3 is 14.4 Å². The van der Waals surface area contributed by atoms with Crippen LogP contribution in [-0.2, 0) is 31.2 Å². The van der Waals surface area contributed by atoms with Crippen molar-refractivity contribution in [1.82, 2.24) is 19.2 Å². The Hall–Kier alpha value is -3.16. The average Bonchev–Trinajstić information content (AvgIpc) is 3.41. The first-order valence-corrected chi connectivity index (χ1v) is 11.9. The zero-order valence-electron chi connectivity index (χ0n) is 20.2. The molecule has 1 aromatic carbocycles. The van der Waals surface area contributed by atoms with Gasteiger partial charge in [-0.1, -0.05) is 0 Å². The number of hydrogen-bond donors (Lipinski definition) is 0. The van der Waals surface area contributed by atoms with Crippen LogP contribution in [0, 0.1) is 0 Å². The first-order chi connectivity index (χ1) is 16.2. The number of nitrogens with zero attached hydrogens (tertiary/aromatic N) is 5. The van der Waals surface area contributed by atoms with Gasteiger partial charge in [-0.05, 0) is 49.9 Å². The van der Waals surface area contributed by atoms with Gasteiger partial charge in [-0.3, -0.25) is 9.48 Å². The summed E-state index contributed by atoms with van der Waals surface area (Å²) in [5.41, 5.74) is 6.61. The van der Waals surface area contributed by atoms with E-state index in [0.717, 1.165) is 48.3 Å². The second-order valence-corrected chi connectivity index (χ2v) is 9.66. The van der Waals surface area contributed by atoms with E-state index in [1.165, 1.54) is 5.69 Å². The Kier molecular flexibility index (Phi) is 5.70. The normalized spacial score (nSPS) is 15.8. The molecule has 34 heavy (non-hydrogen) atoms. The number of fused-ring (bicyclic) bond motifs is 2. The molecule has 2 aromatic heterocycles. The number of carbonyl (C=O) groups is 1. The van der Waals surface area contributed by atoms with E-state index in [1.54, 1.807) is 37.1 Å². The molecule has 0 saturated carbocycles. The van der Waals surface area contributed by atoms with E-state index in [-0.39, 0.29) is 17.5 Å². The highest BCUT2D eigenvalue weighted by molar-refractivity contribution is 5.79. The number of aromatic nitrogens is 3. The van der Waals surface area contributed by atoms with Crippen LogP contribution >= 0.6 is 0 Å². The fourth-order valence-electron chi connectivity index (χ4n) is 5.41. The van der Waals surface area contributed by atoms with Gasteiger partial charge in [0.2, 0.25) is 5.91 Å². The Morgan fingerprint density at radius 1 is 1.09 bits per heavy atom. The van der Waals surface area contributed by atoms with Gasteiger partial charge in [0.1, 0.15) is 0 Å². The van der Waals surface area contributed by atoms with Crippen LogP contribution in [0.1, 0.15) is 62.0 Å². The molecule has 4 heterocycles. The van der Waals surface area contributed by atoms with Crippen LogP contribution in [-0.4, -0.2) is 38.2 Å². The third kappa shape index (κ3) is 3.79. The molecular formula is C26H31F2N5O. The van der Waals surface area contributed by atoms with Crippen molar-refractivity contribution in [2.75, 3.05) is 18.0 Å². The van der Waals surface area contributed by atoms with Crippen LogP contribution in [0.3, 0.4) is 0 Å². The number of amides is 1. The van der Waals surface area contributed by atoms with Gasteiger partial charge in [0, 0.05) is 86.5 Å². The lowest BCUT2D eigenvalue weighted by Gasteiger charge is -2.34. The van der Waals surface area contributed by atoms with E-state index in [2.05, 4.69) is 34.6 Å². The third-order valence-electron chi connectivity index (χ3n) is 7.11. The third-order valence-corrected chi connectivity index (χ3v) is 7.11. The lowest BCUT2D eigenvalue weighted by Crippen LogP contribution is -2.35. The summed E-state index contributed by atoms with van der Waals surface area (Å²) in [6, 6.07) is 3.88. The smallest absolute Gasteiger partial charge is 0.264 e. The van der Waals surface area contributed by atoms with Crippen LogP contribution < -0.4 is 4.90 Å². The maximum absolute atomic E-state index is 14.2. The van der Waals surface area contributed by atoms with Crippen molar-refractivity contribution in [3.8, 4) is 11.1 Å². The highest BCUT2D eigenvalue weighted by atomic mass is 19.3. The molecule has 6 nitrogen and oxygen atoms in total. The second kappa shape index (κ2) is 8.56. The van der Waals surface area contributed by atoms with E-state index < -0.39 is 6.43 Å². The minimum absolute atomic E-state index is 0.0289. The Balaban J connectivity index is 1.64. The molecule has 0 saturated heterocycles.